The Morgan fingerprint density at radius 3 is 2.39 bits per heavy atom. The zero-order chi connectivity index (χ0) is 24.6. The van der Waals surface area contributed by atoms with Crippen LogP contribution in [0.3, 0.4) is 0 Å². The van der Waals surface area contributed by atoms with Gasteiger partial charge < -0.3 is 14.7 Å². The first kappa shape index (κ1) is 24.8. The van der Waals surface area contributed by atoms with Crippen LogP contribution in [0, 0.1) is 18.2 Å². The molecule has 1 aromatic heterocycles. The molecule has 1 aliphatic rings. The Morgan fingerprint density at radius 1 is 1.21 bits per heavy atom. The molecular weight excluding hydrogens is 440 g/mol. The normalized spacial score (nSPS) is 16.1. The number of benzene rings is 1. The van der Waals surface area contributed by atoms with Gasteiger partial charge in [0, 0.05) is 41.7 Å². The van der Waals surface area contributed by atoms with Gasteiger partial charge in [0.25, 0.3) is 0 Å². The van der Waals surface area contributed by atoms with Crippen molar-refractivity contribution >= 4 is 11.7 Å². The van der Waals surface area contributed by atoms with Gasteiger partial charge in [-0.15, -0.1) is 0 Å². The number of rotatable bonds is 6. The number of carboxylic acids is 1. The Morgan fingerprint density at radius 2 is 1.85 bits per heavy atom. The summed E-state index contributed by atoms with van der Waals surface area (Å²) in [6, 6.07) is 1.86. The number of halogens is 4. The average Bonchev–Trinajstić information content (AvgIpc) is 2.70. The largest absolute Gasteiger partial charge is 0.490 e. The van der Waals surface area contributed by atoms with Gasteiger partial charge in [-0.2, -0.15) is 13.2 Å². The van der Waals surface area contributed by atoms with Crippen molar-refractivity contribution in [3.8, 4) is 16.9 Å². The molecule has 3 rings (SSSR count). The minimum absolute atomic E-state index is 0.105. The van der Waals surface area contributed by atoms with Crippen molar-refractivity contribution in [2.75, 3.05) is 24.6 Å². The molecule has 1 saturated heterocycles. The molecule has 0 bridgehead atoms. The number of nitrogens with zero attached hydrogens (tertiary/aromatic N) is 2. The Balaban J connectivity index is 2.25. The summed E-state index contributed by atoms with van der Waals surface area (Å²) in [7, 11) is 0. The number of aliphatic carboxylic acids is 1. The Hall–Kier alpha value is -2.84. The molecule has 2 aromatic rings. The SMILES string of the molecule is CCOc1c(C(F)(F)F)ccc(-c2cnc(C)c(CC(=O)O)c2N2CCC(C)(C)CC2)c1F. The van der Waals surface area contributed by atoms with Gasteiger partial charge in [-0.05, 0) is 38.2 Å². The van der Waals surface area contributed by atoms with E-state index in [0.717, 1.165) is 25.0 Å². The smallest absolute Gasteiger partial charge is 0.420 e. The molecule has 0 spiro atoms. The summed E-state index contributed by atoms with van der Waals surface area (Å²) in [4.78, 5) is 17.9. The molecular formula is C24H28F4N2O3. The van der Waals surface area contributed by atoms with E-state index in [9.17, 15) is 23.1 Å². The molecule has 33 heavy (non-hydrogen) atoms. The second-order valence-electron chi connectivity index (χ2n) is 9.04. The number of carboxylic acid groups (broad SMARTS) is 1. The van der Waals surface area contributed by atoms with Crippen LogP contribution in [0.1, 0.15) is 50.4 Å². The first-order valence-corrected chi connectivity index (χ1v) is 10.8. The minimum atomic E-state index is -4.79. The van der Waals surface area contributed by atoms with E-state index in [1.807, 2.05) is 4.90 Å². The lowest BCUT2D eigenvalue weighted by molar-refractivity contribution is -0.139. The number of carbonyl (C=O) groups is 1. The first-order chi connectivity index (χ1) is 15.4. The number of hydrogen-bond donors (Lipinski definition) is 1. The van der Waals surface area contributed by atoms with E-state index in [4.69, 9.17) is 4.74 Å². The molecule has 0 unspecified atom stereocenters. The summed E-state index contributed by atoms with van der Waals surface area (Å²) in [5.74, 6) is -3.08. The van der Waals surface area contributed by atoms with Crippen LogP contribution < -0.4 is 9.64 Å². The fraction of sp³-hybridized carbons (Fsp3) is 0.500. The highest BCUT2D eigenvalue weighted by atomic mass is 19.4. The van der Waals surface area contributed by atoms with E-state index in [1.54, 1.807) is 6.92 Å². The molecule has 9 heteroatoms. The topological polar surface area (TPSA) is 62.7 Å². The Kier molecular flexibility index (Phi) is 6.91. The van der Waals surface area contributed by atoms with Crippen LogP contribution >= 0.6 is 0 Å². The quantitative estimate of drug-likeness (QED) is 0.538. The van der Waals surface area contributed by atoms with Crippen LogP contribution in [0.15, 0.2) is 18.3 Å². The van der Waals surface area contributed by atoms with Gasteiger partial charge in [0.15, 0.2) is 11.6 Å². The number of aryl methyl sites for hydroxylation is 1. The van der Waals surface area contributed by atoms with Crippen molar-refractivity contribution in [2.45, 2.75) is 53.1 Å². The van der Waals surface area contributed by atoms with E-state index in [1.165, 1.54) is 13.1 Å². The highest BCUT2D eigenvalue weighted by Crippen LogP contribution is 2.45. The molecule has 0 aliphatic carbocycles. The molecule has 0 radical (unpaired) electrons. The third-order valence-electron chi connectivity index (χ3n) is 6.11. The molecule has 1 N–H and O–H groups in total. The van der Waals surface area contributed by atoms with E-state index >= 15 is 4.39 Å². The van der Waals surface area contributed by atoms with Crippen LogP contribution in [0.2, 0.25) is 0 Å². The number of ether oxygens (including phenoxy) is 1. The maximum absolute atomic E-state index is 15.5. The van der Waals surface area contributed by atoms with Crippen LogP contribution in [0.4, 0.5) is 23.2 Å². The van der Waals surface area contributed by atoms with Gasteiger partial charge in [0.05, 0.1) is 18.7 Å². The lowest BCUT2D eigenvalue weighted by Crippen LogP contribution is -2.38. The third-order valence-corrected chi connectivity index (χ3v) is 6.11. The van der Waals surface area contributed by atoms with Crippen molar-refractivity contribution < 1.29 is 32.2 Å². The van der Waals surface area contributed by atoms with Gasteiger partial charge >= 0.3 is 12.1 Å². The second-order valence-corrected chi connectivity index (χ2v) is 9.04. The predicted octanol–water partition coefficient (Wildman–Crippen LogP) is 5.87. The van der Waals surface area contributed by atoms with E-state index in [0.29, 0.717) is 30.0 Å². The summed E-state index contributed by atoms with van der Waals surface area (Å²) in [5.41, 5.74) is 0.469. The summed E-state index contributed by atoms with van der Waals surface area (Å²) in [6.07, 6.45) is -2.05. The first-order valence-electron chi connectivity index (χ1n) is 10.8. The fourth-order valence-corrected chi connectivity index (χ4v) is 4.16. The average molecular weight is 468 g/mol. The van der Waals surface area contributed by atoms with Crippen molar-refractivity contribution in [3.63, 3.8) is 0 Å². The Bertz CT molecular complexity index is 1040. The lowest BCUT2D eigenvalue weighted by atomic mass is 9.82. The number of anilines is 1. The zero-order valence-electron chi connectivity index (χ0n) is 19.1. The van der Waals surface area contributed by atoms with Gasteiger partial charge in [0.1, 0.15) is 5.56 Å². The molecule has 5 nitrogen and oxygen atoms in total. The molecule has 180 valence electrons. The summed E-state index contributed by atoms with van der Waals surface area (Å²) >= 11 is 0. The molecule has 0 saturated carbocycles. The van der Waals surface area contributed by atoms with Crippen LogP contribution in [0.5, 0.6) is 5.75 Å². The zero-order valence-corrected chi connectivity index (χ0v) is 19.1. The van der Waals surface area contributed by atoms with Crippen LogP contribution in [-0.2, 0) is 17.4 Å². The van der Waals surface area contributed by atoms with Crippen molar-refractivity contribution in [1.82, 2.24) is 4.98 Å². The van der Waals surface area contributed by atoms with Crippen molar-refractivity contribution in [1.29, 1.82) is 0 Å². The number of alkyl halides is 3. The highest BCUT2D eigenvalue weighted by Gasteiger charge is 2.37. The summed E-state index contributed by atoms with van der Waals surface area (Å²) in [5, 5.41) is 9.49. The van der Waals surface area contributed by atoms with Crippen LogP contribution in [0.25, 0.3) is 11.1 Å². The van der Waals surface area contributed by atoms with Crippen molar-refractivity contribution in [2.24, 2.45) is 5.41 Å². The number of piperidine rings is 1. The highest BCUT2D eigenvalue weighted by molar-refractivity contribution is 5.85. The summed E-state index contributed by atoms with van der Waals surface area (Å²) in [6.45, 7) is 8.51. The maximum Gasteiger partial charge on any atom is 0.420 e. The number of aromatic nitrogens is 1. The van der Waals surface area contributed by atoms with E-state index in [2.05, 4.69) is 18.8 Å². The number of pyridine rings is 1. The maximum atomic E-state index is 15.5. The standard InChI is InChI=1S/C24H28F4N2O3/c1-5-33-22-18(24(26,27)28)7-6-15(20(22)25)17-13-29-14(2)16(12-19(31)32)21(17)30-10-8-23(3,4)9-11-30/h6-7,13H,5,8-12H2,1-4H3,(H,31,32). The molecule has 1 aromatic carbocycles. The molecule has 1 aliphatic heterocycles. The predicted molar refractivity (Wildman–Crippen MR) is 117 cm³/mol. The molecule has 0 amide bonds. The van der Waals surface area contributed by atoms with Crippen LogP contribution in [-0.4, -0.2) is 35.8 Å². The molecule has 1 fully saturated rings. The Labute approximate surface area is 190 Å². The fourth-order valence-electron chi connectivity index (χ4n) is 4.16. The van der Waals surface area contributed by atoms with E-state index < -0.39 is 29.3 Å². The lowest BCUT2D eigenvalue weighted by Gasteiger charge is -2.40. The molecule has 2 heterocycles. The van der Waals surface area contributed by atoms with Gasteiger partial charge in [-0.3, -0.25) is 9.78 Å². The third kappa shape index (κ3) is 5.23. The summed E-state index contributed by atoms with van der Waals surface area (Å²) < 4.78 is 60.9. The minimum Gasteiger partial charge on any atom is -0.490 e. The van der Waals surface area contributed by atoms with Crippen molar-refractivity contribution in [3.05, 3.63) is 41.0 Å². The number of hydrogen-bond acceptors (Lipinski definition) is 4. The van der Waals surface area contributed by atoms with Gasteiger partial charge in [-0.1, -0.05) is 19.9 Å². The second kappa shape index (κ2) is 9.19. The van der Waals surface area contributed by atoms with E-state index in [-0.39, 0.29) is 29.6 Å². The van der Waals surface area contributed by atoms with Gasteiger partial charge in [0.2, 0.25) is 0 Å². The van der Waals surface area contributed by atoms with Gasteiger partial charge in [-0.25, -0.2) is 4.39 Å². The molecule has 0 atom stereocenters. The monoisotopic (exact) mass is 468 g/mol.